The van der Waals surface area contributed by atoms with Gasteiger partial charge in [-0.05, 0) is 44.0 Å². The van der Waals surface area contributed by atoms with Crippen molar-refractivity contribution in [2.24, 2.45) is 5.73 Å². The molecule has 1 rings (SSSR count). The molecule has 0 unspecified atom stereocenters. The Bertz CT molecular complexity index is 399. The molecule has 1 aromatic rings. The van der Waals surface area contributed by atoms with Crippen molar-refractivity contribution in [1.82, 2.24) is 0 Å². The molecule has 4 heteroatoms. The number of benzene rings is 1. The molecule has 0 spiro atoms. The summed E-state index contributed by atoms with van der Waals surface area (Å²) in [6.07, 6.45) is 2.70. The van der Waals surface area contributed by atoms with Crippen LogP contribution in [0.15, 0.2) is 29.8 Å². The Kier molecular flexibility index (Phi) is 8.08. The van der Waals surface area contributed by atoms with Crippen molar-refractivity contribution >= 4 is 24.5 Å². The van der Waals surface area contributed by atoms with Gasteiger partial charge in [-0.15, -0.1) is 12.4 Å². The second-order valence-corrected chi connectivity index (χ2v) is 3.83. The van der Waals surface area contributed by atoms with Gasteiger partial charge in [0.2, 0.25) is 0 Å². The van der Waals surface area contributed by atoms with Crippen molar-refractivity contribution in [1.29, 1.82) is 0 Å². The third-order valence-electron chi connectivity index (χ3n) is 2.39. The lowest BCUT2D eigenvalue weighted by atomic mass is 10.1. The number of ether oxygens (including phenoxy) is 1. The van der Waals surface area contributed by atoms with Gasteiger partial charge in [0.1, 0.15) is 0 Å². The van der Waals surface area contributed by atoms with Crippen LogP contribution in [0.3, 0.4) is 0 Å². The highest BCUT2D eigenvalue weighted by Gasteiger charge is 2.03. The second-order valence-electron chi connectivity index (χ2n) is 3.83. The molecular formula is C14H20ClNO2. The minimum atomic E-state index is -0.265. The molecule has 0 aromatic heterocycles. The van der Waals surface area contributed by atoms with Crippen LogP contribution in [-0.4, -0.2) is 19.1 Å². The largest absolute Gasteiger partial charge is 0.463 e. The van der Waals surface area contributed by atoms with Crippen molar-refractivity contribution in [3.63, 3.8) is 0 Å². The molecule has 0 saturated heterocycles. The molecule has 0 radical (unpaired) electrons. The van der Waals surface area contributed by atoms with Gasteiger partial charge in [-0.2, -0.15) is 0 Å². The van der Waals surface area contributed by atoms with Crippen LogP contribution in [0, 0.1) is 0 Å². The van der Waals surface area contributed by atoms with Crippen LogP contribution in [-0.2, 0) is 16.0 Å². The van der Waals surface area contributed by atoms with Crippen LogP contribution in [0.4, 0.5) is 0 Å². The fourth-order valence-electron chi connectivity index (χ4n) is 1.50. The molecule has 0 atom stereocenters. The van der Waals surface area contributed by atoms with E-state index >= 15 is 0 Å². The summed E-state index contributed by atoms with van der Waals surface area (Å²) < 4.78 is 4.91. The Labute approximate surface area is 114 Å². The summed E-state index contributed by atoms with van der Waals surface area (Å²) in [7, 11) is 0. The van der Waals surface area contributed by atoms with Gasteiger partial charge in [0.05, 0.1) is 6.61 Å². The van der Waals surface area contributed by atoms with Crippen LogP contribution >= 0.6 is 12.4 Å². The minimum Gasteiger partial charge on any atom is -0.463 e. The van der Waals surface area contributed by atoms with Crippen molar-refractivity contribution in [3.8, 4) is 0 Å². The number of hydrogen-bond acceptors (Lipinski definition) is 3. The standard InChI is InChI=1S/C14H19NO2.ClH/c1-3-17-14(16)11(2)10-13-6-4-12(5-7-13)8-9-15;/h4-7,10H,3,8-9,15H2,1-2H3;1H. The predicted octanol–water partition coefficient (Wildman–Crippen LogP) is 2.58. The Morgan fingerprint density at radius 1 is 1.33 bits per heavy atom. The van der Waals surface area contributed by atoms with Crippen LogP contribution in [0.2, 0.25) is 0 Å². The summed E-state index contributed by atoms with van der Waals surface area (Å²) in [4.78, 5) is 11.4. The lowest BCUT2D eigenvalue weighted by molar-refractivity contribution is -0.138. The first-order chi connectivity index (χ1) is 8.17. The van der Waals surface area contributed by atoms with Crippen LogP contribution < -0.4 is 5.73 Å². The first-order valence-electron chi connectivity index (χ1n) is 5.81. The summed E-state index contributed by atoms with van der Waals surface area (Å²) in [6, 6.07) is 8.01. The zero-order valence-electron chi connectivity index (χ0n) is 10.8. The highest BCUT2D eigenvalue weighted by molar-refractivity contribution is 5.92. The molecule has 3 nitrogen and oxygen atoms in total. The first-order valence-corrected chi connectivity index (χ1v) is 5.81. The summed E-state index contributed by atoms with van der Waals surface area (Å²) in [6.45, 7) is 4.61. The highest BCUT2D eigenvalue weighted by atomic mass is 35.5. The van der Waals surface area contributed by atoms with E-state index in [0.717, 1.165) is 12.0 Å². The molecule has 0 saturated carbocycles. The number of esters is 1. The number of carbonyl (C=O) groups excluding carboxylic acids is 1. The second kappa shape index (κ2) is 8.72. The van der Waals surface area contributed by atoms with Gasteiger partial charge < -0.3 is 10.5 Å². The summed E-state index contributed by atoms with van der Waals surface area (Å²) in [5, 5.41) is 0. The Morgan fingerprint density at radius 2 is 1.94 bits per heavy atom. The van der Waals surface area contributed by atoms with E-state index in [4.69, 9.17) is 10.5 Å². The van der Waals surface area contributed by atoms with Crippen LogP contribution in [0.1, 0.15) is 25.0 Å². The van der Waals surface area contributed by atoms with E-state index in [2.05, 4.69) is 0 Å². The van der Waals surface area contributed by atoms with Crippen LogP contribution in [0.5, 0.6) is 0 Å². The summed E-state index contributed by atoms with van der Waals surface area (Å²) in [5.41, 5.74) is 8.29. The van der Waals surface area contributed by atoms with Gasteiger partial charge in [0, 0.05) is 5.57 Å². The third-order valence-corrected chi connectivity index (χ3v) is 2.39. The molecule has 2 N–H and O–H groups in total. The monoisotopic (exact) mass is 269 g/mol. The van der Waals surface area contributed by atoms with E-state index in [0.29, 0.717) is 18.7 Å². The Morgan fingerprint density at radius 3 is 2.44 bits per heavy atom. The summed E-state index contributed by atoms with van der Waals surface area (Å²) >= 11 is 0. The third kappa shape index (κ3) is 5.34. The molecule has 0 amide bonds. The van der Waals surface area contributed by atoms with Gasteiger partial charge in [-0.1, -0.05) is 24.3 Å². The maximum Gasteiger partial charge on any atom is 0.333 e. The topological polar surface area (TPSA) is 52.3 Å². The zero-order valence-corrected chi connectivity index (χ0v) is 11.6. The van der Waals surface area contributed by atoms with E-state index in [1.54, 1.807) is 13.8 Å². The fourth-order valence-corrected chi connectivity index (χ4v) is 1.50. The highest BCUT2D eigenvalue weighted by Crippen LogP contribution is 2.10. The molecule has 0 heterocycles. The smallest absolute Gasteiger partial charge is 0.333 e. The average molecular weight is 270 g/mol. The molecule has 100 valence electrons. The normalized spacial score (nSPS) is 10.7. The van der Waals surface area contributed by atoms with Crippen molar-refractivity contribution < 1.29 is 9.53 Å². The maximum atomic E-state index is 11.4. The molecular weight excluding hydrogens is 250 g/mol. The molecule has 0 bridgehead atoms. The molecule has 0 aliphatic carbocycles. The predicted molar refractivity (Wildman–Crippen MR) is 76.7 cm³/mol. The quantitative estimate of drug-likeness (QED) is 0.660. The van der Waals surface area contributed by atoms with Gasteiger partial charge in [-0.25, -0.2) is 4.79 Å². The number of halogens is 1. The Balaban J connectivity index is 0.00000289. The Hall–Kier alpha value is -1.32. The van der Waals surface area contributed by atoms with Gasteiger partial charge >= 0.3 is 5.97 Å². The van der Waals surface area contributed by atoms with E-state index in [9.17, 15) is 4.79 Å². The van der Waals surface area contributed by atoms with E-state index in [1.807, 2.05) is 30.3 Å². The average Bonchev–Trinajstić information content (AvgIpc) is 2.32. The van der Waals surface area contributed by atoms with E-state index in [-0.39, 0.29) is 18.4 Å². The van der Waals surface area contributed by atoms with Gasteiger partial charge in [0.15, 0.2) is 0 Å². The van der Waals surface area contributed by atoms with Gasteiger partial charge in [0.25, 0.3) is 0 Å². The molecule has 18 heavy (non-hydrogen) atoms. The number of carbonyl (C=O) groups is 1. The lowest BCUT2D eigenvalue weighted by Gasteiger charge is -2.02. The molecule has 1 aromatic carbocycles. The number of rotatable bonds is 5. The molecule has 0 aliphatic heterocycles. The first kappa shape index (κ1) is 16.7. The fraction of sp³-hybridized carbons (Fsp3) is 0.357. The molecule has 0 aliphatic rings. The van der Waals surface area contributed by atoms with Gasteiger partial charge in [-0.3, -0.25) is 0 Å². The lowest BCUT2D eigenvalue weighted by Crippen LogP contribution is -2.04. The van der Waals surface area contributed by atoms with E-state index in [1.165, 1.54) is 5.56 Å². The maximum absolute atomic E-state index is 11.4. The van der Waals surface area contributed by atoms with Crippen LogP contribution in [0.25, 0.3) is 6.08 Å². The number of nitrogens with two attached hydrogens (primary N) is 1. The SMILES string of the molecule is CCOC(=O)C(C)=Cc1ccc(CCN)cc1.Cl. The van der Waals surface area contributed by atoms with Crippen molar-refractivity contribution in [2.45, 2.75) is 20.3 Å². The van der Waals surface area contributed by atoms with Crippen molar-refractivity contribution in [3.05, 3.63) is 41.0 Å². The summed E-state index contributed by atoms with van der Waals surface area (Å²) in [5.74, 6) is -0.265. The minimum absolute atomic E-state index is 0. The zero-order chi connectivity index (χ0) is 12.7. The molecule has 0 fully saturated rings. The van der Waals surface area contributed by atoms with Crippen molar-refractivity contribution in [2.75, 3.05) is 13.2 Å². The number of hydrogen-bond donors (Lipinski definition) is 1. The van der Waals surface area contributed by atoms with E-state index < -0.39 is 0 Å².